The number of rotatable bonds is 4. The number of hydrogen-bond acceptors (Lipinski definition) is 6. The number of anilines is 1. The van der Waals surface area contributed by atoms with Crippen LogP contribution in [0.25, 0.3) is 0 Å². The third-order valence-corrected chi connectivity index (χ3v) is 3.37. The van der Waals surface area contributed by atoms with E-state index in [0.29, 0.717) is 10.7 Å². The molecule has 2 N–H and O–H groups in total. The van der Waals surface area contributed by atoms with E-state index in [9.17, 15) is 13.2 Å². The summed E-state index contributed by atoms with van der Waals surface area (Å²) in [5, 5.41) is 22.7. The van der Waals surface area contributed by atoms with Crippen molar-refractivity contribution in [2.45, 2.75) is 19.3 Å². The van der Waals surface area contributed by atoms with Crippen LogP contribution in [0.1, 0.15) is 22.0 Å². The van der Waals surface area contributed by atoms with Crippen LogP contribution in [-0.2, 0) is 19.3 Å². The van der Waals surface area contributed by atoms with Gasteiger partial charge in [-0.25, -0.2) is 9.97 Å². The molecule has 0 aliphatic rings. The normalized spacial score (nSPS) is 11.2. The highest BCUT2D eigenvalue weighted by Crippen LogP contribution is 2.29. The van der Waals surface area contributed by atoms with Crippen LogP contribution in [0.5, 0.6) is 0 Å². The Morgan fingerprint density at radius 3 is 2.67 bits per heavy atom. The van der Waals surface area contributed by atoms with E-state index in [1.807, 2.05) is 0 Å². The van der Waals surface area contributed by atoms with E-state index in [0.717, 1.165) is 12.1 Å². The maximum absolute atomic E-state index is 12.6. The minimum Gasteiger partial charge on any atom is -0.390 e. The van der Waals surface area contributed by atoms with Crippen LogP contribution in [0.3, 0.4) is 0 Å². The van der Waals surface area contributed by atoms with Crippen LogP contribution in [0.4, 0.5) is 19.0 Å². The first kappa shape index (κ1) is 15.2. The second kappa shape index (κ2) is 6.07. The molecule has 2 rings (SSSR count). The van der Waals surface area contributed by atoms with E-state index in [1.165, 1.54) is 11.3 Å². The maximum Gasteiger partial charge on any atom is 0.433 e. The molecule has 0 bridgehead atoms. The van der Waals surface area contributed by atoms with Crippen LogP contribution in [0.15, 0.2) is 17.5 Å². The lowest BCUT2D eigenvalue weighted by Crippen LogP contribution is -2.11. The van der Waals surface area contributed by atoms with Crippen molar-refractivity contribution in [3.05, 3.63) is 39.5 Å². The summed E-state index contributed by atoms with van der Waals surface area (Å²) in [6, 6.07) is 3.61. The average Bonchev–Trinajstić information content (AvgIpc) is 2.91. The number of nitriles is 1. The Balaban J connectivity index is 2.20. The summed E-state index contributed by atoms with van der Waals surface area (Å²) < 4.78 is 37.8. The van der Waals surface area contributed by atoms with Gasteiger partial charge in [-0.05, 0) is 12.1 Å². The molecule has 0 spiro atoms. The highest BCUT2D eigenvalue weighted by atomic mass is 32.1. The molecule has 0 unspecified atom stereocenters. The molecule has 21 heavy (non-hydrogen) atoms. The standard InChI is InChI=1S/C12H9F3N4OS/c13-12(14,15)9-2-1-7(3-16)11(19-9)17-4-10-18-8(5-20)6-21-10/h1-2,6,20H,4-5H2,(H,17,19). The zero-order valence-corrected chi connectivity index (χ0v) is 11.3. The molecule has 0 aliphatic heterocycles. The number of thiazole rings is 1. The number of aromatic nitrogens is 2. The fourth-order valence-electron chi connectivity index (χ4n) is 1.50. The number of nitrogens with one attached hydrogen (secondary N) is 1. The van der Waals surface area contributed by atoms with Gasteiger partial charge in [0.05, 0.1) is 24.4 Å². The van der Waals surface area contributed by atoms with Gasteiger partial charge in [0.1, 0.15) is 22.6 Å². The summed E-state index contributed by atoms with van der Waals surface area (Å²) in [7, 11) is 0. The molecule has 0 saturated heterocycles. The first-order chi connectivity index (χ1) is 9.94. The van der Waals surface area contributed by atoms with Gasteiger partial charge in [-0.2, -0.15) is 18.4 Å². The first-order valence-electron chi connectivity index (χ1n) is 5.70. The Morgan fingerprint density at radius 1 is 1.33 bits per heavy atom. The number of nitrogens with zero attached hydrogens (tertiary/aromatic N) is 3. The van der Waals surface area contributed by atoms with E-state index < -0.39 is 11.9 Å². The summed E-state index contributed by atoms with van der Waals surface area (Å²) >= 11 is 1.25. The topological polar surface area (TPSA) is 81.8 Å². The molecule has 0 radical (unpaired) electrons. The number of aliphatic hydroxyl groups excluding tert-OH is 1. The summed E-state index contributed by atoms with van der Waals surface area (Å²) in [6.07, 6.45) is -4.57. The molecule has 0 aliphatic carbocycles. The molecule has 2 heterocycles. The third-order valence-electron chi connectivity index (χ3n) is 2.47. The van der Waals surface area contributed by atoms with Gasteiger partial charge in [0, 0.05) is 5.38 Å². The molecule has 2 aromatic rings. The summed E-state index contributed by atoms with van der Waals surface area (Å²) in [5.74, 6) is -0.145. The van der Waals surface area contributed by atoms with Crippen molar-refractivity contribution < 1.29 is 18.3 Å². The average molecular weight is 314 g/mol. The van der Waals surface area contributed by atoms with E-state index in [-0.39, 0.29) is 24.5 Å². The van der Waals surface area contributed by atoms with Crippen LogP contribution in [0, 0.1) is 11.3 Å². The zero-order chi connectivity index (χ0) is 15.5. The van der Waals surface area contributed by atoms with Gasteiger partial charge in [0.15, 0.2) is 0 Å². The van der Waals surface area contributed by atoms with Gasteiger partial charge < -0.3 is 10.4 Å². The number of pyridine rings is 1. The van der Waals surface area contributed by atoms with E-state index >= 15 is 0 Å². The second-order valence-corrected chi connectivity index (χ2v) is 4.89. The molecule has 2 aromatic heterocycles. The molecule has 0 amide bonds. The zero-order valence-electron chi connectivity index (χ0n) is 10.5. The fraction of sp³-hybridized carbons (Fsp3) is 0.250. The Labute approximate surface area is 121 Å². The Bertz CT molecular complexity index is 678. The van der Waals surface area contributed by atoms with E-state index in [4.69, 9.17) is 10.4 Å². The molecule has 0 fully saturated rings. The third kappa shape index (κ3) is 3.68. The molecular formula is C12H9F3N4OS. The molecule has 0 saturated carbocycles. The van der Waals surface area contributed by atoms with Crippen LogP contribution in [-0.4, -0.2) is 15.1 Å². The number of halogens is 3. The SMILES string of the molecule is N#Cc1ccc(C(F)(F)F)nc1NCc1nc(CO)cs1. The van der Waals surface area contributed by atoms with Gasteiger partial charge in [0.25, 0.3) is 0 Å². The number of hydrogen-bond donors (Lipinski definition) is 2. The first-order valence-corrected chi connectivity index (χ1v) is 6.58. The van der Waals surface area contributed by atoms with E-state index in [2.05, 4.69) is 15.3 Å². The summed E-state index contributed by atoms with van der Waals surface area (Å²) in [5.41, 5.74) is -0.574. The number of aliphatic hydroxyl groups is 1. The lowest BCUT2D eigenvalue weighted by Gasteiger charge is -2.10. The summed E-state index contributed by atoms with van der Waals surface area (Å²) in [4.78, 5) is 7.47. The lowest BCUT2D eigenvalue weighted by atomic mass is 10.2. The van der Waals surface area contributed by atoms with Crippen molar-refractivity contribution in [1.29, 1.82) is 5.26 Å². The van der Waals surface area contributed by atoms with Crippen molar-refractivity contribution >= 4 is 17.2 Å². The van der Waals surface area contributed by atoms with Crippen LogP contribution in [0.2, 0.25) is 0 Å². The van der Waals surface area contributed by atoms with Gasteiger partial charge in [-0.3, -0.25) is 0 Å². The molecule has 110 valence electrons. The van der Waals surface area contributed by atoms with Crippen LogP contribution < -0.4 is 5.32 Å². The highest BCUT2D eigenvalue weighted by Gasteiger charge is 2.33. The predicted molar refractivity (Wildman–Crippen MR) is 69.3 cm³/mol. The largest absolute Gasteiger partial charge is 0.433 e. The Kier molecular flexibility index (Phi) is 4.40. The van der Waals surface area contributed by atoms with Crippen molar-refractivity contribution in [3.63, 3.8) is 0 Å². The van der Waals surface area contributed by atoms with Crippen molar-refractivity contribution in [2.24, 2.45) is 0 Å². The Hall–Kier alpha value is -2.18. The Morgan fingerprint density at radius 2 is 2.10 bits per heavy atom. The molecule has 9 heteroatoms. The van der Waals surface area contributed by atoms with E-state index in [1.54, 1.807) is 11.4 Å². The minimum absolute atomic E-state index is 0.0157. The smallest absolute Gasteiger partial charge is 0.390 e. The molecule has 5 nitrogen and oxygen atoms in total. The fourth-order valence-corrected chi connectivity index (χ4v) is 2.23. The summed E-state index contributed by atoms with van der Waals surface area (Å²) in [6.45, 7) is -0.0879. The molecule has 0 atom stereocenters. The van der Waals surface area contributed by atoms with Gasteiger partial charge in [-0.15, -0.1) is 11.3 Å². The predicted octanol–water partition coefficient (Wildman–Crippen LogP) is 2.53. The van der Waals surface area contributed by atoms with Gasteiger partial charge in [-0.1, -0.05) is 0 Å². The maximum atomic E-state index is 12.6. The van der Waals surface area contributed by atoms with Crippen molar-refractivity contribution in [3.8, 4) is 6.07 Å². The van der Waals surface area contributed by atoms with Crippen molar-refractivity contribution in [2.75, 3.05) is 5.32 Å². The van der Waals surface area contributed by atoms with Crippen molar-refractivity contribution in [1.82, 2.24) is 9.97 Å². The quantitative estimate of drug-likeness (QED) is 0.906. The second-order valence-electron chi connectivity index (χ2n) is 3.95. The monoisotopic (exact) mass is 314 g/mol. The van der Waals surface area contributed by atoms with Gasteiger partial charge >= 0.3 is 6.18 Å². The van der Waals surface area contributed by atoms with Gasteiger partial charge in [0.2, 0.25) is 0 Å². The number of alkyl halides is 3. The minimum atomic E-state index is -4.57. The molecule has 0 aromatic carbocycles. The highest BCUT2D eigenvalue weighted by molar-refractivity contribution is 7.09. The molecular weight excluding hydrogens is 305 g/mol. The van der Waals surface area contributed by atoms with Crippen LogP contribution >= 0.6 is 11.3 Å². The lowest BCUT2D eigenvalue weighted by molar-refractivity contribution is -0.141.